The third kappa shape index (κ3) is 3.29. The van der Waals surface area contributed by atoms with Gasteiger partial charge in [-0.1, -0.05) is 23.9 Å². The van der Waals surface area contributed by atoms with Crippen LogP contribution in [0.5, 0.6) is 11.5 Å². The van der Waals surface area contributed by atoms with Crippen LogP contribution in [-0.2, 0) is 4.79 Å². The zero-order valence-electron chi connectivity index (χ0n) is 12.7. The number of amides is 1. The largest absolute Gasteiger partial charge is 0.496 e. The number of amidine groups is 1. The molecule has 1 N–H and O–H groups in total. The first-order chi connectivity index (χ1) is 11.2. The third-order valence-electron chi connectivity index (χ3n) is 3.34. The van der Waals surface area contributed by atoms with E-state index in [-0.39, 0.29) is 5.91 Å². The summed E-state index contributed by atoms with van der Waals surface area (Å²) in [7, 11) is 3.24. The minimum absolute atomic E-state index is 0.0562. The van der Waals surface area contributed by atoms with Gasteiger partial charge in [0.2, 0.25) is 5.91 Å². The van der Waals surface area contributed by atoms with Crippen LogP contribution in [0.15, 0.2) is 40.5 Å². The second kappa shape index (κ2) is 6.70. The number of carbonyl (C=O) groups is 1. The standard InChI is InChI=1S/C16H15N3O3S/c1-21-13-5-3-4-10-6-11(14(22-2)7-12(10)13)8-17-19-16-18-15(20)9-23-16/h3-8H,9H2,1-2H3,(H,18,19,20). The summed E-state index contributed by atoms with van der Waals surface area (Å²) in [6, 6.07) is 9.70. The monoisotopic (exact) mass is 329 g/mol. The number of hydrogen-bond acceptors (Lipinski definition) is 6. The molecule has 1 fully saturated rings. The molecule has 0 atom stereocenters. The van der Waals surface area contributed by atoms with Crippen LogP contribution < -0.4 is 14.8 Å². The predicted molar refractivity (Wildman–Crippen MR) is 92.7 cm³/mol. The Morgan fingerprint density at radius 2 is 2.04 bits per heavy atom. The molecule has 6 nitrogen and oxygen atoms in total. The third-order valence-corrected chi connectivity index (χ3v) is 4.21. The van der Waals surface area contributed by atoms with Crippen LogP contribution in [-0.4, -0.2) is 37.3 Å². The Hall–Kier alpha value is -2.54. The molecule has 1 aliphatic heterocycles. The molecule has 0 saturated carbocycles. The molecule has 0 spiro atoms. The van der Waals surface area contributed by atoms with E-state index in [1.165, 1.54) is 11.8 Å². The number of fused-ring (bicyclic) bond motifs is 1. The smallest absolute Gasteiger partial charge is 0.236 e. The lowest BCUT2D eigenvalue weighted by Gasteiger charge is -2.09. The van der Waals surface area contributed by atoms with E-state index in [9.17, 15) is 4.79 Å². The van der Waals surface area contributed by atoms with Gasteiger partial charge in [0.15, 0.2) is 5.17 Å². The molecule has 0 bridgehead atoms. The zero-order chi connectivity index (χ0) is 16.2. The van der Waals surface area contributed by atoms with Crippen molar-refractivity contribution in [2.24, 2.45) is 10.2 Å². The number of rotatable bonds is 4. The molecule has 7 heteroatoms. The number of carbonyl (C=O) groups excluding carboxylic acids is 1. The van der Waals surface area contributed by atoms with E-state index in [0.717, 1.165) is 22.1 Å². The van der Waals surface area contributed by atoms with Gasteiger partial charge in [-0.15, -0.1) is 5.10 Å². The number of hydrogen-bond donors (Lipinski definition) is 1. The van der Waals surface area contributed by atoms with Crippen molar-refractivity contribution in [3.05, 3.63) is 35.9 Å². The normalized spacial score (nSPS) is 16.3. The average molecular weight is 329 g/mol. The summed E-state index contributed by atoms with van der Waals surface area (Å²) in [4.78, 5) is 11.1. The Balaban J connectivity index is 1.95. The fraction of sp³-hybridized carbons (Fsp3) is 0.188. The second-order valence-corrected chi connectivity index (χ2v) is 5.73. The number of thioether (sulfide) groups is 1. The fourth-order valence-corrected chi connectivity index (χ4v) is 2.90. The maximum absolute atomic E-state index is 11.1. The van der Waals surface area contributed by atoms with Gasteiger partial charge in [0.25, 0.3) is 0 Å². The van der Waals surface area contributed by atoms with Crippen LogP contribution in [0.1, 0.15) is 5.56 Å². The summed E-state index contributed by atoms with van der Waals surface area (Å²) >= 11 is 1.33. The van der Waals surface area contributed by atoms with Crippen LogP contribution in [0, 0.1) is 0 Å². The molecule has 2 aromatic rings. The summed E-state index contributed by atoms with van der Waals surface area (Å²) in [5.41, 5.74) is 0.798. The van der Waals surface area contributed by atoms with E-state index in [1.54, 1.807) is 20.4 Å². The number of benzene rings is 2. The van der Waals surface area contributed by atoms with Crippen molar-refractivity contribution < 1.29 is 14.3 Å². The quantitative estimate of drug-likeness (QED) is 0.691. The minimum Gasteiger partial charge on any atom is -0.496 e. The van der Waals surface area contributed by atoms with Gasteiger partial charge in [0.05, 0.1) is 26.2 Å². The van der Waals surface area contributed by atoms with Crippen LogP contribution in [0.3, 0.4) is 0 Å². The minimum atomic E-state index is -0.0562. The molecule has 0 unspecified atom stereocenters. The summed E-state index contributed by atoms with van der Waals surface area (Å²) < 4.78 is 10.8. The highest BCUT2D eigenvalue weighted by atomic mass is 32.2. The number of ether oxygens (including phenoxy) is 2. The first-order valence-corrected chi connectivity index (χ1v) is 7.88. The van der Waals surface area contributed by atoms with Gasteiger partial charge in [0, 0.05) is 10.9 Å². The molecule has 3 rings (SSSR count). The Bertz CT molecular complexity index is 818. The van der Waals surface area contributed by atoms with E-state index < -0.39 is 0 Å². The summed E-state index contributed by atoms with van der Waals surface area (Å²) in [5.74, 6) is 1.79. The molecule has 0 aliphatic carbocycles. The lowest BCUT2D eigenvalue weighted by Crippen LogP contribution is -2.19. The van der Waals surface area contributed by atoms with E-state index in [4.69, 9.17) is 9.47 Å². The van der Waals surface area contributed by atoms with Crippen molar-refractivity contribution in [2.45, 2.75) is 0 Å². The van der Waals surface area contributed by atoms with Crippen molar-refractivity contribution in [3.8, 4) is 11.5 Å². The second-order valence-electron chi connectivity index (χ2n) is 4.76. The molecule has 118 valence electrons. The lowest BCUT2D eigenvalue weighted by molar-refractivity contribution is -0.116. The molecular weight excluding hydrogens is 314 g/mol. The fourth-order valence-electron chi connectivity index (χ4n) is 2.27. The van der Waals surface area contributed by atoms with Crippen LogP contribution in [0.2, 0.25) is 0 Å². The van der Waals surface area contributed by atoms with Crippen LogP contribution >= 0.6 is 11.8 Å². The summed E-state index contributed by atoms with van der Waals surface area (Å²) in [6.07, 6.45) is 1.61. The predicted octanol–water partition coefficient (Wildman–Crippen LogP) is 2.41. The highest BCUT2D eigenvalue weighted by Crippen LogP contribution is 2.31. The lowest BCUT2D eigenvalue weighted by atomic mass is 10.1. The number of nitrogens with zero attached hydrogens (tertiary/aromatic N) is 2. The van der Waals surface area contributed by atoms with E-state index in [2.05, 4.69) is 15.5 Å². The van der Waals surface area contributed by atoms with E-state index in [0.29, 0.717) is 16.7 Å². The maximum Gasteiger partial charge on any atom is 0.236 e. The highest BCUT2D eigenvalue weighted by molar-refractivity contribution is 8.15. The summed E-state index contributed by atoms with van der Waals surface area (Å²) in [6.45, 7) is 0. The Morgan fingerprint density at radius 3 is 2.74 bits per heavy atom. The van der Waals surface area contributed by atoms with Crippen molar-refractivity contribution in [2.75, 3.05) is 20.0 Å². The maximum atomic E-state index is 11.1. The van der Waals surface area contributed by atoms with Crippen molar-refractivity contribution >= 4 is 39.8 Å². The summed E-state index contributed by atoms with van der Waals surface area (Å²) in [5, 5.41) is 13.1. The molecule has 23 heavy (non-hydrogen) atoms. The van der Waals surface area contributed by atoms with E-state index in [1.807, 2.05) is 30.3 Å². The highest BCUT2D eigenvalue weighted by Gasteiger charge is 2.16. The van der Waals surface area contributed by atoms with Crippen molar-refractivity contribution in [3.63, 3.8) is 0 Å². The number of nitrogens with one attached hydrogen (secondary N) is 1. The molecule has 0 radical (unpaired) electrons. The molecule has 1 saturated heterocycles. The number of methoxy groups -OCH3 is 2. The van der Waals surface area contributed by atoms with Gasteiger partial charge in [-0.25, -0.2) is 0 Å². The first kappa shape index (κ1) is 15.4. The van der Waals surface area contributed by atoms with Gasteiger partial charge in [-0.3, -0.25) is 4.79 Å². The van der Waals surface area contributed by atoms with Crippen LogP contribution in [0.4, 0.5) is 0 Å². The molecular formula is C16H15N3O3S. The molecule has 0 aromatic heterocycles. The average Bonchev–Trinajstić information content (AvgIpc) is 2.98. The molecule has 1 aliphatic rings. The van der Waals surface area contributed by atoms with Gasteiger partial charge in [0.1, 0.15) is 11.5 Å². The van der Waals surface area contributed by atoms with Crippen molar-refractivity contribution in [1.29, 1.82) is 0 Å². The zero-order valence-corrected chi connectivity index (χ0v) is 13.5. The first-order valence-electron chi connectivity index (χ1n) is 6.89. The van der Waals surface area contributed by atoms with Crippen LogP contribution in [0.25, 0.3) is 10.8 Å². The van der Waals surface area contributed by atoms with Gasteiger partial charge < -0.3 is 14.8 Å². The SMILES string of the molecule is COc1cc2c(OC)cccc2cc1C=NN=C1NC(=O)CS1. The Morgan fingerprint density at radius 1 is 1.22 bits per heavy atom. The van der Waals surface area contributed by atoms with Gasteiger partial charge in [-0.2, -0.15) is 5.10 Å². The Labute approximate surface area is 137 Å². The molecule has 1 amide bonds. The van der Waals surface area contributed by atoms with Crippen molar-refractivity contribution in [1.82, 2.24) is 5.32 Å². The Kier molecular flexibility index (Phi) is 4.47. The van der Waals surface area contributed by atoms with E-state index >= 15 is 0 Å². The topological polar surface area (TPSA) is 72.3 Å². The molecule has 2 aromatic carbocycles. The van der Waals surface area contributed by atoms with Gasteiger partial charge >= 0.3 is 0 Å². The van der Waals surface area contributed by atoms with Gasteiger partial charge in [-0.05, 0) is 23.6 Å². The molecule has 1 heterocycles.